The van der Waals surface area contributed by atoms with Crippen LogP contribution in [0.5, 0.6) is 0 Å². The highest BCUT2D eigenvalue weighted by atomic mass is 32.2. The van der Waals surface area contributed by atoms with E-state index in [0.717, 1.165) is 11.1 Å². The molecule has 2 amide bonds. The third-order valence-electron chi connectivity index (χ3n) is 4.63. The molecule has 2 fully saturated rings. The molecule has 7 heteroatoms. The number of rotatable bonds is 5. The number of nitrogens with one attached hydrogen (secondary N) is 2. The average molecular weight is 350 g/mol. The Morgan fingerprint density at radius 3 is 2.42 bits per heavy atom. The molecule has 1 aromatic rings. The predicted octanol–water partition coefficient (Wildman–Crippen LogP) is 0.551. The molecule has 2 N–H and O–H groups in total. The van der Waals surface area contributed by atoms with Crippen molar-refractivity contribution < 1.29 is 18.0 Å². The van der Waals surface area contributed by atoms with Gasteiger partial charge >= 0.3 is 0 Å². The van der Waals surface area contributed by atoms with E-state index in [0.29, 0.717) is 19.4 Å². The summed E-state index contributed by atoms with van der Waals surface area (Å²) in [5.41, 5.74) is 2.18. The fourth-order valence-corrected chi connectivity index (χ4v) is 4.69. The van der Waals surface area contributed by atoms with E-state index < -0.39 is 9.84 Å². The molecule has 0 aromatic heterocycles. The fraction of sp³-hybridized carbons (Fsp3) is 0.529. The number of benzene rings is 1. The van der Waals surface area contributed by atoms with E-state index in [4.69, 9.17) is 0 Å². The van der Waals surface area contributed by atoms with Gasteiger partial charge in [-0.25, -0.2) is 8.42 Å². The van der Waals surface area contributed by atoms with Crippen molar-refractivity contribution in [2.45, 2.75) is 32.4 Å². The number of sulfone groups is 1. The summed E-state index contributed by atoms with van der Waals surface area (Å²) in [6.45, 7) is 2.45. The Balaban J connectivity index is 1.43. The van der Waals surface area contributed by atoms with E-state index >= 15 is 0 Å². The second-order valence-corrected chi connectivity index (χ2v) is 8.99. The molecule has 0 bridgehead atoms. The summed E-state index contributed by atoms with van der Waals surface area (Å²) < 4.78 is 22.8. The van der Waals surface area contributed by atoms with Gasteiger partial charge in [0.25, 0.3) is 0 Å². The van der Waals surface area contributed by atoms with Crippen molar-refractivity contribution in [3.63, 3.8) is 0 Å². The summed E-state index contributed by atoms with van der Waals surface area (Å²) in [7, 11) is -3.01. The highest BCUT2D eigenvalue weighted by Gasteiger charge is 2.48. The van der Waals surface area contributed by atoms with Crippen molar-refractivity contribution >= 4 is 21.7 Å². The lowest BCUT2D eigenvalue weighted by atomic mass is 10.1. The van der Waals surface area contributed by atoms with Gasteiger partial charge in [-0.05, 0) is 25.3 Å². The van der Waals surface area contributed by atoms with Crippen LogP contribution in [0.3, 0.4) is 0 Å². The summed E-state index contributed by atoms with van der Waals surface area (Å²) in [5.74, 6) is -0.805. The molecule has 1 heterocycles. The number of aryl methyl sites for hydroxylation is 1. The Bertz CT molecular complexity index is 742. The quantitative estimate of drug-likeness (QED) is 0.811. The highest BCUT2D eigenvalue weighted by molar-refractivity contribution is 7.91. The van der Waals surface area contributed by atoms with E-state index in [9.17, 15) is 18.0 Å². The molecule has 6 nitrogen and oxygen atoms in total. The Morgan fingerprint density at radius 1 is 1.12 bits per heavy atom. The Morgan fingerprint density at radius 2 is 1.79 bits per heavy atom. The fourth-order valence-electron chi connectivity index (χ4n) is 3.02. The first-order valence-electron chi connectivity index (χ1n) is 8.18. The van der Waals surface area contributed by atoms with E-state index in [1.165, 1.54) is 0 Å². The van der Waals surface area contributed by atoms with Gasteiger partial charge in [0.1, 0.15) is 0 Å². The first-order chi connectivity index (χ1) is 11.3. The maximum atomic E-state index is 12.1. The van der Waals surface area contributed by atoms with Crippen LogP contribution in [0.2, 0.25) is 0 Å². The van der Waals surface area contributed by atoms with E-state index in [1.807, 2.05) is 31.2 Å². The molecular formula is C17H22N2O4S. The zero-order chi connectivity index (χ0) is 17.3. The minimum absolute atomic E-state index is 0.00967. The molecule has 1 saturated carbocycles. The van der Waals surface area contributed by atoms with Crippen LogP contribution in [0, 0.1) is 18.8 Å². The minimum atomic E-state index is -3.01. The molecule has 3 atom stereocenters. The summed E-state index contributed by atoms with van der Waals surface area (Å²) in [6, 6.07) is 7.61. The van der Waals surface area contributed by atoms with E-state index in [-0.39, 0.29) is 41.2 Å². The van der Waals surface area contributed by atoms with Gasteiger partial charge in [0.2, 0.25) is 11.8 Å². The van der Waals surface area contributed by atoms with Gasteiger partial charge in [-0.2, -0.15) is 0 Å². The lowest BCUT2D eigenvalue weighted by Gasteiger charge is -2.10. The van der Waals surface area contributed by atoms with Gasteiger partial charge in [0.15, 0.2) is 9.84 Å². The van der Waals surface area contributed by atoms with Crippen molar-refractivity contribution in [2.24, 2.45) is 11.8 Å². The first-order valence-corrected chi connectivity index (χ1v) is 10.0. The van der Waals surface area contributed by atoms with Crippen LogP contribution in [0.1, 0.15) is 24.0 Å². The van der Waals surface area contributed by atoms with Crippen LogP contribution >= 0.6 is 0 Å². The number of carbonyl (C=O) groups is 2. The number of hydrogen-bond donors (Lipinski definition) is 2. The lowest BCUT2D eigenvalue weighted by molar-refractivity contribution is -0.127. The van der Waals surface area contributed by atoms with Crippen LogP contribution in [0.25, 0.3) is 0 Å². The molecule has 24 heavy (non-hydrogen) atoms. The Hall–Kier alpha value is -1.89. The van der Waals surface area contributed by atoms with Gasteiger partial charge in [0, 0.05) is 12.6 Å². The highest BCUT2D eigenvalue weighted by Crippen LogP contribution is 2.39. The molecular weight excluding hydrogens is 328 g/mol. The lowest BCUT2D eigenvalue weighted by Crippen LogP contribution is -2.37. The van der Waals surface area contributed by atoms with Crippen LogP contribution in [0.4, 0.5) is 0 Å². The normalized spacial score (nSPS) is 27.5. The van der Waals surface area contributed by atoms with Crippen molar-refractivity contribution in [1.29, 1.82) is 0 Å². The predicted molar refractivity (Wildman–Crippen MR) is 89.8 cm³/mol. The van der Waals surface area contributed by atoms with Crippen molar-refractivity contribution in [1.82, 2.24) is 10.6 Å². The van der Waals surface area contributed by atoms with Gasteiger partial charge in [-0.1, -0.05) is 29.8 Å². The molecule has 1 saturated heterocycles. The molecule has 1 aliphatic carbocycles. The average Bonchev–Trinajstić information content (AvgIpc) is 3.26. The second kappa shape index (κ2) is 6.55. The van der Waals surface area contributed by atoms with Crippen molar-refractivity contribution in [3.8, 4) is 0 Å². The van der Waals surface area contributed by atoms with Gasteiger partial charge in [0.05, 0.1) is 23.3 Å². The molecule has 0 radical (unpaired) electrons. The van der Waals surface area contributed by atoms with Crippen LogP contribution in [0.15, 0.2) is 24.3 Å². The zero-order valence-corrected chi connectivity index (χ0v) is 14.4. The molecule has 3 unspecified atom stereocenters. The molecule has 3 rings (SSSR count). The number of amides is 2. The number of carbonyl (C=O) groups excluding carboxylic acids is 2. The summed E-state index contributed by atoms with van der Waals surface area (Å²) in [5, 5.41) is 5.62. The summed E-state index contributed by atoms with van der Waals surface area (Å²) in [4.78, 5) is 24.2. The monoisotopic (exact) mass is 350 g/mol. The third-order valence-corrected chi connectivity index (χ3v) is 6.40. The third kappa shape index (κ3) is 4.14. The maximum absolute atomic E-state index is 12.1. The standard InChI is InChI=1S/C17H22N2O4S/c1-11-2-4-12(5-3-11)9-18-16(20)14-8-15(14)17(21)19-13-6-7-24(22,23)10-13/h2-5,13-15H,6-10H2,1H3,(H,18,20)(H,19,21). The number of hydrogen-bond acceptors (Lipinski definition) is 4. The topological polar surface area (TPSA) is 92.3 Å². The van der Waals surface area contributed by atoms with Gasteiger partial charge < -0.3 is 10.6 Å². The molecule has 1 aliphatic heterocycles. The zero-order valence-electron chi connectivity index (χ0n) is 13.6. The van der Waals surface area contributed by atoms with Gasteiger partial charge in [-0.3, -0.25) is 9.59 Å². The van der Waals surface area contributed by atoms with Crippen molar-refractivity contribution in [2.75, 3.05) is 11.5 Å². The maximum Gasteiger partial charge on any atom is 0.224 e. The Labute approximate surface area is 141 Å². The molecule has 130 valence electrons. The largest absolute Gasteiger partial charge is 0.352 e. The van der Waals surface area contributed by atoms with E-state index in [1.54, 1.807) is 0 Å². The van der Waals surface area contributed by atoms with Crippen LogP contribution in [-0.4, -0.2) is 37.8 Å². The summed E-state index contributed by atoms with van der Waals surface area (Å²) >= 11 is 0. The van der Waals surface area contributed by atoms with Gasteiger partial charge in [-0.15, -0.1) is 0 Å². The summed E-state index contributed by atoms with van der Waals surface area (Å²) in [6.07, 6.45) is 0.996. The van der Waals surface area contributed by atoms with Crippen molar-refractivity contribution in [3.05, 3.63) is 35.4 Å². The first kappa shape index (κ1) is 17.0. The minimum Gasteiger partial charge on any atom is -0.352 e. The molecule has 2 aliphatic rings. The molecule has 0 spiro atoms. The Kier molecular flexibility index (Phi) is 4.62. The SMILES string of the molecule is Cc1ccc(CNC(=O)C2CC2C(=O)NC2CCS(=O)(=O)C2)cc1. The smallest absolute Gasteiger partial charge is 0.224 e. The van der Waals surface area contributed by atoms with Crippen LogP contribution < -0.4 is 10.6 Å². The second-order valence-electron chi connectivity index (χ2n) is 6.76. The van der Waals surface area contributed by atoms with Crippen LogP contribution in [-0.2, 0) is 26.0 Å². The molecule has 1 aromatic carbocycles. The van der Waals surface area contributed by atoms with E-state index in [2.05, 4.69) is 10.6 Å².